The van der Waals surface area contributed by atoms with E-state index in [-0.39, 0.29) is 43.5 Å². The quantitative estimate of drug-likeness (QED) is 0.282. The molecule has 1 aromatic heterocycles. The first-order valence-corrected chi connectivity index (χ1v) is 15.3. The Kier molecular flexibility index (Phi) is 10.3. The third kappa shape index (κ3) is 8.21. The van der Waals surface area contributed by atoms with Gasteiger partial charge < -0.3 is 29.3 Å². The van der Waals surface area contributed by atoms with Crippen LogP contribution in [-0.2, 0) is 36.8 Å². The maximum atomic E-state index is 13.0. The second-order valence-corrected chi connectivity index (χ2v) is 13.1. The summed E-state index contributed by atoms with van der Waals surface area (Å²) < 4.78 is 15.4. The molecule has 1 saturated carbocycles. The molecular formula is C29H42N4O7S. The summed E-state index contributed by atoms with van der Waals surface area (Å²) in [6, 6.07) is -0.0366. The van der Waals surface area contributed by atoms with E-state index in [4.69, 9.17) is 19.2 Å². The third-order valence-electron chi connectivity index (χ3n) is 7.85. The predicted molar refractivity (Wildman–Crippen MR) is 152 cm³/mol. The van der Waals surface area contributed by atoms with Crippen LogP contribution in [0.25, 0.3) is 0 Å². The van der Waals surface area contributed by atoms with Crippen LogP contribution in [-0.4, -0.2) is 77.9 Å². The monoisotopic (exact) mass is 590 g/mol. The lowest BCUT2D eigenvalue weighted by molar-refractivity contribution is -0.176. The number of piperidine rings is 1. The third-order valence-corrected chi connectivity index (χ3v) is 9.10. The highest BCUT2D eigenvalue weighted by molar-refractivity contribution is 7.11. The van der Waals surface area contributed by atoms with Crippen LogP contribution in [0.2, 0.25) is 0 Å². The summed E-state index contributed by atoms with van der Waals surface area (Å²) in [5.74, 6) is -0.717. The van der Waals surface area contributed by atoms with E-state index in [0.717, 1.165) is 34.8 Å². The Hall–Kier alpha value is -3.15. The van der Waals surface area contributed by atoms with Crippen molar-refractivity contribution >= 4 is 35.4 Å². The molecule has 12 heteroatoms. The Labute approximate surface area is 245 Å². The molecule has 1 saturated heterocycles. The van der Waals surface area contributed by atoms with E-state index >= 15 is 0 Å². The van der Waals surface area contributed by atoms with Crippen molar-refractivity contribution in [3.05, 3.63) is 28.2 Å². The summed E-state index contributed by atoms with van der Waals surface area (Å²) in [4.78, 5) is 58.9. The molecule has 1 aliphatic carbocycles. The van der Waals surface area contributed by atoms with Gasteiger partial charge in [0.25, 0.3) is 0 Å². The van der Waals surface area contributed by atoms with Crippen molar-refractivity contribution in [3.8, 4) is 0 Å². The van der Waals surface area contributed by atoms with Crippen molar-refractivity contribution in [1.29, 1.82) is 0 Å². The lowest BCUT2D eigenvalue weighted by atomic mass is 9.86. The fourth-order valence-corrected chi connectivity index (χ4v) is 6.61. The number of hydrogen-bond donors (Lipinski definition) is 1. The second kappa shape index (κ2) is 13.7. The Bertz CT molecular complexity index is 1110. The van der Waals surface area contributed by atoms with Crippen LogP contribution in [0.1, 0.15) is 80.8 Å². The van der Waals surface area contributed by atoms with Gasteiger partial charge in [0.2, 0.25) is 6.79 Å². The highest BCUT2D eigenvalue weighted by Crippen LogP contribution is 2.35. The van der Waals surface area contributed by atoms with Crippen LogP contribution < -0.4 is 5.32 Å². The summed E-state index contributed by atoms with van der Waals surface area (Å²) in [6.45, 7) is 11.1. The summed E-state index contributed by atoms with van der Waals surface area (Å²) in [7, 11) is 0. The summed E-state index contributed by atoms with van der Waals surface area (Å²) >= 11 is 1.67. The molecule has 0 atom stereocenters. The van der Waals surface area contributed by atoms with Gasteiger partial charge in [-0.3, -0.25) is 9.59 Å². The zero-order chi connectivity index (χ0) is 29.6. The van der Waals surface area contributed by atoms with Gasteiger partial charge in [0.1, 0.15) is 6.61 Å². The van der Waals surface area contributed by atoms with E-state index in [0.29, 0.717) is 57.8 Å². The number of nitrogens with one attached hydrogen (secondary N) is 1. The molecule has 41 heavy (non-hydrogen) atoms. The Morgan fingerprint density at radius 1 is 1.00 bits per heavy atom. The Morgan fingerprint density at radius 3 is 2.37 bits per heavy atom. The van der Waals surface area contributed by atoms with Crippen molar-refractivity contribution in [2.45, 2.75) is 84.2 Å². The summed E-state index contributed by atoms with van der Waals surface area (Å²) in [5, 5.41) is 4.24. The maximum absolute atomic E-state index is 13.0. The molecule has 11 nitrogen and oxygen atoms in total. The topological polar surface area (TPSA) is 127 Å². The standard InChI is InChI=1S/C29H42N4O7S/c1-5-16-38-28(37)33-15-12-22-23(17-33)41-24(31-22)19-10-13-32(14-11-19)27(36)30-21-8-6-20(7-9-21)25(34)39-18-40-26(35)29(2,3)4/h5,19-21H,1,6-18H2,2-4H3,(H,30,36). The van der Waals surface area contributed by atoms with E-state index < -0.39 is 11.4 Å². The van der Waals surface area contributed by atoms with Crippen LogP contribution in [0.4, 0.5) is 9.59 Å². The lowest BCUT2D eigenvalue weighted by Gasteiger charge is -2.34. The molecule has 0 radical (unpaired) electrons. The van der Waals surface area contributed by atoms with Gasteiger partial charge in [-0.1, -0.05) is 12.7 Å². The highest BCUT2D eigenvalue weighted by atomic mass is 32.1. The number of esters is 2. The fraction of sp³-hybridized carbons (Fsp3) is 0.690. The molecule has 1 aromatic rings. The van der Waals surface area contributed by atoms with Gasteiger partial charge >= 0.3 is 24.1 Å². The number of aromatic nitrogens is 1. The number of ether oxygens (including phenoxy) is 3. The van der Waals surface area contributed by atoms with Crippen LogP contribution in [0.15, 0.2) is 12.7 Å². The number of carbonyl (C=O) groups excluding carboxylic acids is 4. The number of carbonyl (C=O) groups is 4. The molecule has 3 aliphatic rings. The Balaban J connectivity index is 1.16. The minimum absolute atomic E-state index is 0.0230. The van der Waals surface area contributed by atoms with Crippen molar-refractivity contribution in [2.75, 3.05) is 33.0 Å². The minimum Gasteiger partial charge on any atom is -0.445 e. The van der Waals surface area contributed by atoms with E-state index in [2.05, 4.69) is 11.9 Å². The van der Waals surface area contributed by atoms with E-state index in [1.165, 1.54) is 0 Å². The predicted octanol–water partition coefficient (Wildman–Crippen LogP) is 4.36. The number of nitrogens with zero attached hydrogens (tertiary/aromatic N) is 3. The number of rotatable bonds is 7. The zero-order valence-electron chi connectivity index (χ0n) is 24.3. The average molecular weight is 591 g/mol. The molecular weight excluding hydrogens is 548 g/mol. The lowest BCUT2D eigenvalue weighted by Crippen LogP contribution is -2.48. The molecule has 2 fully saturated rings. The zero-order valence-corrected chi connectivity index (χ0v) is 25.1. The average Bonchev–Trinajstić information content (AvgIpc) is 3.39. The van der Waals surface area contributed by atoms with Gasteiger partial charge in [-0.2, -0.15) is 0 Å². The first-order chi connectivity index (χ1) is 19.5. The van der Waals surface area contributed by atoms with Crippen LogP contribution in [0.3, 0.4) is 0 Å². The number of amides is 3. The van der Waals surface area contributed by atoms with E-state index in [1.807, 2.05) is 4.90 Å². The molecule has 0 bridgehead atoms. The summed E-state index contributed by atoms with van der Waals surface area (Å²) in [5.41, 5.74) is 0.424. The van der Waals surface area contributed by atoms with Crippen molar-refractivity contribution in [2.24, 2.45) is 11.3 Å². The number of fused-ring (bicyclic) bond motifs is 1. The number of likely N-dealkylation sites (tertiary alicyclic amines) is 1. The van der Waals surface area contributed by atoms with E-state index in [9.17, 15) is 19.2 Å². The SMILES string of the molecule is C=CCOC(=O)N1CCc2nc(C3CCN(C(=O)NC4CCC(C(=O)OCOC(=O)C(C)(C)C)CC4)CC3)sc2C1. The molecule has 2 aliphatic heterocycles. The van der Waals surface area contributed by atoms with Crippen molar-refractivity contribution in [3.63, 3.8) is 0 Å². The largest absolute Gasteiger partial charge is 0.445 e. The van der Waals surface area contributed by atoms with E-state index in [1.54, 1.807) is 43.1 Å². The number of thiazole rings is 1. The van der Waals surface area contributed by atoms with Crippen LogP contribution in [0, 0.1) is 11.3 Å². The minimum atomic E-state index is -0.648. The number of urea groups is 1. The highest BCUT2D eigenvalue weighted by Gasteiger charge is 2.32. The van der Waals surface area contributed by atoms with Gasteiger partial charge in [0.05, 0.1) is 28.6 Å². The smallest absolute Gasteiger partial charge is 0.410 e. The van der Waals surface area contributed by atoms with Crippen molar-refractivity contribution < 1.29 is 33.4 Å². The second-order valence-electron chi connectivity index (χ2n) is 12.0. The molecule has 0 unspecified atom stereocenters. The first kappa shape index (κ1) is 30.8. The molecule has 0 aromatic carbocycles. The Morgan fingerprint density at radius 2 is 1.71 bits per heavy atom. The fourth-order valence-electron chi connectivity index (χ4n) is 5.31. The number of hydrogen-bond acceptors (Lipinski definition) is 9. The molecule has 0 spiro atoms. The van der Waals surface area contributed by atoms with Gasteiger partial charge in [-0.15, -0.1) is 11.3 Å². The molecule has 3 heterocycles. The van der Waals surface area contributed by atoms with Gasteiger partial charge in [-0.05, 0) is 59.3 Å². The molecule has 3 amide bonds. The summed E-state index contributed by atoms with van der Waals surface area (Å²) in [6.07, 6.45) is 6.31. The van der Waals surface area contributed by atoms with Crippen LogP contribution >= 0.6 is 11.3 Å². The van der Waals surface area contributed by atoms with Gasteiger partial charge in [0, 0.05) is 42.9 Å². The molecule has 226 valence electrons. The first-order valence-electron chi connectivity index (χ1n) is 14.5. The van der Waals surface area contributed by atoms with Crippen LogP contribution in [0.5, 0.6) is 0 Å². The van der Waals surface area contributed by atoms with Crippen molar-refractivity contribution in [1.82, 2.24) is 20.1 Å². The normalized spacial score (nSPS) is 21.4. The molecule has 1 N–H and O–H groups in total. The molecule has 4 rings (SSSR count). The maximum Gasteiger partial charge on any atom is 0.410 e. The van der Waals surface area contributed by atoms with Gasteiger partial charge in [-0.25, -0.2) is 14.6 Å². The van der Waals surface area contributed by atoms with Gasteiger partial charge in [0.15, 0.2) is 0 Å².